The summed E-state index contributed by atoms with van der Waals surface area (Å²) in [4.78, 5) is 24.3. The highest BCUT2D eigenvalue weighted by Crippen LogP contribution is 2.52. The summed E-state index contributed by atoms with van der Waals surface area (Å²) in [5.74, 6) is -0.302. The van der Waals surface area contributed by atoms with E-state index in [1.165, 1.54) is 38.3 Å². The zero-order chi connectivity index (χ0) is 32.8. The molecule has 45 heavy (non-hydrogen) atoms. The van der Waals surface area contributed by atoms with Gasteiger partial charge in [-0.3, -0.25) is 9.59 Å². The number of hydrogen-bond acceptors (Lipinski definition) is 11. The molecule has 3 heterocycles. The molecule has 0 bridgehead atoms. The van der Waals surface area contributed by atoms with Crippen molar-refractivity contribution in [3.8, 4) is 46.0 Å². The van der Waals surface area contributed by atoms with E-state index < -0.39 is 29.1 Å². The first kappa shape index (κ1) is 31.3. The fourth-order valence-corrected chi connectivity index (χ4v) is 5.45. The number of aromatic hydroxyl groups is 3. The molecule has 12 nitrogen and oxygen atoms in total. The SMILES string of the molecule is CC(N)(Cc1ccc(O)c(O)c1)C(=O)O.COc1cc2c(cc1OC)C1C(=O)c3c(O)cc4c(c3OC1CO2)C=CC(C)(C)O4. The van der Waals surface area contributed by atoms with Gasteiger partial charge in [0.1, 0.15) is 52.4 Å². The molecule has 3 aliphatic heterocycles. The number of aliphatic carboxylic acids is 1. The van der Waals surface area contributed by atoms with E-state index in [1.807, 2.05) is 26.0 Å². The van der Waals surface area contributed by atoms with E-state index in [4.69, 9.17) is 39.6 Å². The second-order valence-electron chi connectivity index (χ2n) is 11.8. The van der Waals surface area contributed by atoms with Gasteiger partial charge in [0.2, 0.25) is 0 Å². The Labute approximate surface area is 259 Å². The van der Waals surface area contributed by atoms with Gasteiger partial charge in [-0.2, -0.15) is 0 Å². The van der Waals surface area contributed by atoms with E-state index >= 15 is 0 Å². The number of benzene rings is 3. The van der Waals surface area contributed by atoms with Gasteiger partial charge in [-0.1, -0.05) is 6.07 Å². The number of rotatable bonds is 5. The first-order valence-electron chi connectivity index (χ1n) is 14.1. The molecule has 0 radical (unpaired) electrons. The molecule has 0 saturated heterocycles. The van der Waals surface area contributed by atoms with Gasteiger partial charge < -0.3 is 49.8 Å². The topological polar surface area (TPSA) is 187 Å². The Morgan fingerprint density at radius 1 is 1.02 bits per heavy atom. The van der Waals surface area contributed by atoms with Gasteiger partial charge in [0.25, 0.3) is 0 Å². The summed E-state index contributed by atoms with van der Waals surface area (Å²) in [6, 6.07) is 9.03. The monoisotopic (exact) mass is 621 g/mol. The number of hydrogen-bond donors (Lipinski definition) is 5. The average Bonchev–Trinajstić information content (AvgIpc) is 2.97. The average molecular weight is 622 g/mol. The van der Waals surface area contributed by atoms with Crippen LogP contribution in [0.2, 0.25) is 0 Å². The molecule has 0 aliphatic carbocycles. The van der Waals surface area contributed by atoms with Crippen molar-refractivity contribution in [3.63, 3.8) is 0 Å². The second kappa shape index (κ2) is 11.4. The molecular weight excluding hydrogens is 586 g/mol. The minimum atomic E-state index is -1.39. The summed E-state index contributed by atoms with van der Waals surface area (Å²) in [6.45, 7) is 5.41. The summed E-state index contributed by atoms with van der Waals surface area (Å²) in [7, 11) is 3.07. The van der Waals surface area contributed by atoms with Crippen molar-refractivity contribution in [1.82, 2.24) is 0 Å². The smallest absolute Gasteiger partial charge is 0.323 e. The van der Waals surface area contributed by atoms with E-state index in [1.54, 1.807) is 19.2 Å². The number of ketones is 1. The number of Topliss-reactive ketones (excluding diaryl/α,β-unsaturated/α-hetero) is 1. The lowest BCUT2D eigenvalue weighted by Crippen LogP contribution is -2.46. The van der Waals surface area contributed by atoms with Crippen molar-refractivity contribution in [2.75, 3.05) is 20.8 Å². The van der Waals surface area contributed by atoms with Crippen molar-refractivity contribution >= 4 is 17.8 Å². The third kappa shape index (κ3) is 5.88. The van der Waals surface area contributed by atoms with Crippen LogP contribution in [0.15, 0.2) is 42.5 Å². The first-order chi connectivity index (χ1) is 21.2. The van der Waals surface area contributed by atoms with Crippen LogP contribution in [-0.4, -0.2) is 70.2 Å². The normalized spacial score (nSPS) is 19.7. The molecule has 3 aromatic rings. The Hall–Kier alpha value is -5.10. The fraction of sp³-hybridized carbons (Fsp3) is 0.333. The first-order valence-corrected chi connectivity index (χ1v) is 14.1. The van der Waals surface area contributed by atoms with Crippen LogP contribution in [-0.2, 0) is 11.2 Å². The number of carbonyl (C=O) groups excluding carboxylic acids is 1. The molecule has 0 spiro atoms. The second-order valence-corrected chi connectivity index (χ2v) is 11.8. The van der Waals surface area contributed by atoms with E-state index in [-0.39, 0.29) is 41.6 Å². The number of carboxylic acids is 1. The molecule has 3 atom stereocenters. The maximum Gasteiger partial charge on any atom is 0.323 e. The maximum atomic E-state index is 13.6. The van der Waals surface area contributed by atoms with Gasteiger partial charge >= 0.3 is 5.97 Å². The summed E-state index contributed by atoms with van der Waals surface area (Å²) >= 11 is 0. The van der Waals surface area contributed by atoms with Crippen molar-refractivity contribution in [2.45, 2.75) is 50.4 Å². The molecule has 12 heteroatoms. The molecule has 0 aromatic heterocycles. The molecule has 3 unspecified atom stereocenters. The molecule has 0 fully saturated rings. The third-order valence-electron chi connectivity index (χ3n) is 7.81. The highest BCUT2D eigenvalue weighted by Gasteiger charge is 2.46. The van der Waals surface area contributed by atoms with Gasteiger partial charge in [-0.25, -0.2) is 0 Å². The predicted molar refractivity (Wildman–Crippen MR) is 162 cm³/mol. The van der Waals surface area contributed by atoms with Crippen LogP contribution in [0.3, 0.4) is 0 Å². The Morgan fingerprint density at radius 3 is 2.36 bits per heavy atom. The fourth-order valence-electron chi connectivity index (χ4n) is 5.45. The minimum Gasteiger partial charge on any atom is -0.507 e. The number of ether oxygens (including phenoxy) is 5. The van der Waals surface area contributed by atoms with E-state index in [9.17, 15) is 19.8 Å². The van der Waals surface area contributed by atoms with Crippen molar-refractivity contribution in [1.29, 1.82) is 0 Å². The van der Waals surface area contributed by atoms with Crippen LogP contribution in [0, 0.1) is 0 Å². The van der Waals surface area contributed by atoms with E-state index in [0.717, 1.165) is 0 Å². The summed E-state index contributed by atoms with van der Waals surface area (Å²) < 4.78 is 28.8. The van der Waals surface area contributed by atoms with E-state index in [0.29, 0.717) is 45.4 Å². The highest BCUT2D eigenvalue weighted by atomic mass is 16.5. The summed E-state index contributed by atoms with van der Waals surface area (Å²) in [5.41, 5.74) is 5.63. The molecule has 238 valence electrons. The minimum absolute atomic E-state index is 0.0795. The summed E-state index contributed by atoms with van der Waals surface area (Å²) in [6.07, 6.45) is 3.31. The van der Waals surface area contributed by atoms with Crippen LogP contribution in [0.5, 0.6) is 46.0 Å². The highest BCUT2D eigenvalue weighted by molar-refractivity contribution is 6.08. The largest absolute Gasteiger partial charge is 0.507 e. The number of phenolic OH excluding ortho intramolecular Hbond substituents is 3. The molecule has 6 N–H and O–H groups in total. The van der Waals surface area contributed by atoms with Gasteiger partial charge in [-0.05, 0) is 56.7 Å². The van der Waals surface area contributed by atoms with E-state index in [2.05, 4.69) is 0 Å². The molecule has 0 amide bonds. The molecule has 3 aromatic carbocycles. The van der Waals surface area contributed by atoms with Crippen LogP contribution < -0.4 is 29.4 Å². The zero-order valence-electron chi connectivity index (χ0n) is 25.4. The number of methoxy groups -OCH3 is 2. The number of carbonyl (C=O) groups is 2. The van der Waals surface area contributed by atoms with Gasteiger partial charge in [0, 0.05) is 24.1 Å². The summed E-state index contributed by atoms with van der Waals surface area (Å²) in [5, 5.41) is 37.7. The molecule has 6 rings (SSSR count). The quantitative estimate of drug-likeness (QED) is 0.257. The lowest BCUT2D eigenvalue weighted by Gasteiger charge is -2.39. The number of carboxylic acid groups (broad SMARTS) is 1. The number of phenols is 3. The third-order valence-corrected chi connectivity index (χ3v) is 7.81. The number of nitrogens with two attached hydrogens (primary N) is 1. The van der Waals surface area contributed by atoms with Gasteiger partial charge in [-0.15, -0.1) is 0 Å². The van der Waals surface area contributed by atoms with Crippen LogP contribution in [0.25, 0.3) is 6.08 Å². The van der Waals surface area contributed by atoms with Gasteiger partial charge in [0.15, 0.2) is 28.8 Å². The van der Waals surface area contributed by atoms with Crippen LogP contribution in [0.4, 0.5) is 0 Å². The van der Waals surface area contributed by atoms with Crippen molar-refractivity contribution in [2.24, 2.45) is 5.73 Å². The van der Waals surface area contributed by atoms with Crippen LogP contribution in [0.1, 0.15) is 53.7 Å². The molecule has 3 aliphatic rings. The lowest BCUT2D eigenvalue weighted by molar-refractivity contribution is -0.142. The van der Waals surface area contributed by atoms with Crippen molar-refractivity contribution < 1.29 is 53.7 Å². The Balaban J connectivity index is 0.000000226. The van der Waals surface area contributed by atoms with Crippen molar-refractivity contribution in [3.05, 3.63) is 64.7 Å². The van der Waals surface area contributed by atoms with Crippen LogP contribution >= 0.6 is 0 Å². The standard InChI is InChI=1S/C23H22O7.C10H13NO4/c1-23(2)6-5-11-15(30-23)8-13(24)20-21(25)19-12-7-16(26-3)17(27-4)9-14(12)28-10-18(19)29-22(11)20;1-10(11,9(14)15)5-6-2-3-7(12)8(13)4-6/h5-9,18-19,24H,10H2,1-4H3;2-4,12-13H,5,11H2,1H3,(H,14,15). The Morgan fingerprint density at radius 2 is 1.71 bits per heavy atom. The Kier molecular flexibility index (Phi) is 7.96. The maximum absolute atomic E-state index is 13.6. The predicted octanol–water partition coefficient (Wildman–Crippen LogP) is 4.16. The molecule has 0 saturated carbocycles. The zero-order valence-corrected chi connectivity index (χ0v) is 25.4. The molecular formula is C33H35NO11. The lowest BCUT2D eigenvalue weighted by atomic mass is 9.80. The van der Waals surface area contributed by atoms with Gasteiger partial charge in [0.05, 0.1) is 25.7 Å². The number of fused-ring (bicyclic) bond motifs is 6. The Bertz CT molecular complexity index is 1710.